The van der Waals surface area contributed by atoms with E-state index in [0.29, 0.717) is 17.8 Å². The Kier molecular flexibility index (Phi) is 7.40. The largest absolute Gasteiger partial charge is 0.466 e. The lowest BCUT2D eigenvalue weighted by Crippen LogP contribution is -2.31. The Balaban J connectivity index is 1.63. The number of rotatable bonds is 9. The summed E-state index contributed by atoms with van der Waals surface area (Å²) in [5, 5.41) is 15.0. The molecule has 8 heteroatoms. The van der Waals surface area contributed by atoms with Gasteiger partial charge >= 0.3 is 5.97 Å². The van der Waals surface area contributed by atoms with Crippen molar-refractivity contribution in [3.8, 4) is 0 Å². The van der Waals surface area contributed by atoms with Crippen LogP contribution in [0.15, 0.2) is 65.9 Å². The topological polar surface area (TPSA) is 108 Å². The van der Waals surface area contributed by atoms with Gasteiger partial charge in [-0.1, -0.05) is 30.3 Å². The average molecular weight is 423 g/mol. The van der Waals surface area contributed by atoms with Crippen LogP contribution in [0.4, 0.5) is 5.69 Å². The summed E-state index contributed by atoms with van der Waals surface area (Å²) in [6, 6.07) is 16.5. The van der Waals surface area contributed by atoms with Crippen LogP contribution < -0.4 is 10.6 Å². The van der Waals surface area contributed by atoms with Crippen LogP contribution in [0.2, 0.25) is 0 Å². The summed E-state index contributed by atoms with van der Waals surface area (Å²) in [6.07, 6.45) is 0.739. The first-order valence-electron chi connectivity index (χ1n) is 9.94. The number of esters is 1. The zero-order chi connectivity index (χ0) is 22.2. The Morgan fingerprint density at radius 1 is 1.10 bits per heavy atom. The van der Waals surface area contributed by atoms with E-state index in [9.17, 15) is 14.4 Å². The number of amides is 2. The predicted molar refractivity (Wildman–Crippen MR) is 115 cm³/mol. The predicted octanol–water partition coefficient (Wildman–Crippen LogP) is 1.33. The number of aliphatic hydroxyl groups excluding tert-OH is 1. The molecule has 31 heavy (non-hydrogen) atoms. The first-order valence-corrected chi connectivity index (χ1v) is 9.94. The molecule has 2 aromatic rings. The maximum Gasteiger partial charge on any atom is 0.337 e. The number of carbonyl (C=O) groups is 3. The first kappa shape index (κ1) is 22.0. The molecule has 2 aromatic carbocycles. The van der Waals surface area contributed by atoms with Crippen molar-refractivity contribution in [1.82, 2.24) is 10.2 Å². The highest BCUT2D eigenvalue weighted by Gasteiger charge is 2.34. The number of ether oxygens (including phenoxy) is 1. The second-order valence-corrected chi connectivity index (χ2v) is 6.99. The van der Waals surface area contributed by atoms with Gasteiger partial charge in [-0.05, 0) is 36.2 Å². The van der Waals surface area contributed by atoms with E-state index in [1.807, 2.05) is 30.3 Å². The van der Waals surface area contributed by atoms with Crippen molar-refractivity contribution < 1.29 is 24.2 Å². The lowest BCUT2D eigenvalue weighted by Gasteiger charge is -2.15. The SMILES string of the molecule is COC(=O)C1=C(Nc2ccc(C(=O)NCCc3ccccc3)cc2)C(=O)N(CCO)C1. The van der Waals surface area contributed by atoms with Crippen LogP contribution in [0.25, 0.3) is 0 Å². The van der Waals surface area contributed by atoms with E-state index in [2.05, 4.69) is 10.6 Å². The van der Waals surface area contributed by atoms with Crippen LogP contribution >= 0.6 is 0 Å². The zero-order valence-electron chi connectivity index (χ0n) is 17.3. The fourth-order valence-corrected chi connectivity index (χ4v) is 3.27. The van der Waals surface area contributed by atoms with Gasteiger partial charge in [-0.25, -0.2) is 4.79 Å². The third-order valence-corrected chi connectivity index (χ3v) is 4.91. The summed E-state index contributed by atoms with van der Waals surface area (Å²) in [6.45, 7) is 0.498. The molecule has 0 aliphatic carbocycles. The second kappa shape index (κ2) is 10.4. The summed E-state index contributed by atoms with van der Waals surface area (Å²) in [4.78, 5) is 38.3. The van der Waals surface area contributed by atoms with Crippen LogP contribution in [0.5, 0.6) is 0 Å². The molecule has 0 saturated heterocycles. The summed E-state index contributed by atoms with van der Waals surface area (Å²) in [7, 11) is 1.25. The van der Waals surface area contributed by atoms with Gasteiger partial charge in [0.2, 0.25) is 0 Å². The number of nitrogens with one attached hydrogen (secondary N) is 2. The number of carbonyl (C=O) groups excluding carboxylic acids is 3. The molecule has 0 unspecified atom stereocenters. The minimum Gasteiger partial charge on any atom is -0.466 e. The number of hydrogen-bond acceptors (Lipinski definition) is 6. The molecule has 0 spiro atoms. The summed E-state index contributed by atoms with van der Waals surface area (Å²) in [5.41, 5.74) is 2.49. The van der Waals surface area contributed by atoms with Gasteiger partial charge in [-0.3, -0.25) is 9.59 Å². The Morgan fingerprint density at radius 3 is 2.45 bits per heavy atom. The van der Waals surface area contributed by atoms with Crippen LogP contribution in [-0.2, 0) is 20.7 Å². The van der Waals surface area contributed by atoms with E-state index >= 15 is 0 Å². The van der Waals surface area contributed by atoms with Crippen molar-refractivity contribution in [1.29, 1.82) is 0 Å². The van der Waals surface area contributed by atoms with Crippen LogP contribution in [0.3, 0.4) is 0 Å². The van der Waals surface area contributed by atoms with Gasteiger partial charge in [-0.15, -0.1) is 0 Å². The van der Waals surface area contributed by atoms with E-state index in [-0.39, 0.29) is 36.9 Å². The molecule has 8 nitrogen and oxygen atoms in total. The maximum absolute atomic E-state index is 12.6. The molecule has 162 valence electrons. The Bertz CT molecular complexity index is 970. The number of hydrogen-bond donors (Lipinski definition) is 3. The maximum atomic E-state index is 12.6. The minimum absolute atomic E-state index is 0.0658. The standard InChI is InChI=1S/C23H25N3O5/c1-31-23(30)19-15-26(13-14-27)22(29)20(19)25-18-9-7-17(8-10-18)21(28)24-12-11-16-5-3-2-4-6-16/h2-10,25,27H,11-15H2,1H3,(H,24,28). The van der Waals surface area contributed by atoms with Crippen molar-refractivity contribution in [3.63, 3.8) is 0 Å². The molecule has 0 fully saturated rings. The number of anilines is 1. The molecule has 0 saturated carbocycles. The molecule has 0 aromatic heterocycles. The first-order chi connectivity index (χ1) is 15.0. The molecule has 3 N–H and O–H groups in total. The highest BCUT2D eigenvalue weighted by atomic mass is 16.5. The highest BCUT2D eigenvalue weighted by molar-refractivity contribution is 6.08. The smallest absolute Gasteiger partial charge is 0.337 e. The number of methoxy groups -OCH3 is 1. The van der Waals surface area contributed by atoms with Crippen LogP contribution in [0, 0.1) is 0 Å². The van der Waals surface area contributed by atoms with Crippen molar-refractivity contribution >= 4 is 23.5 Å². The minimum atomic E-state index is -0.606. The number of β-amino-alcohol motifs (C(OH)–C–C–N with tert-alkyl or cyclic N) is 1. The second-order valence-electron chi connectivity index (χ2n) is 6.99. The number of aliphatic hydroxyl groups is 1. The Morgan fingerprint density at radius 2 is 1.81 bits per heavy atom. The molecule has 0 bridgehead atoms. The molecular formula is C23H25N3O5. The summed E-state index contributed by atoms with van der Waals surface area (Å²) in [5.74, 6) is -1.19. The Hall–Kier alpha value is -3.65. The monoisotopic (exact) mass is 423 g/mol. The molecule has 0 radical (unpaired) electrons. The third-order valence-electron chi connectivity index (χ3n) is 4.91. The van der Waals surface area contributed by atoms with Gasteiger partial charge in [0.25, 0.3) is 11.8 Å². The van der Waals surface area contributed by atoms with Crippen molar-refractivity contribution in [2.75, 3.05) is 38.7 Å². The molecule has 1 aliphatic rings. The van der Waals surface area contributed by atoms with Crippen LogP contribution in [-0.4, -0.2) is 61.1 Å². The van der Waals surface area contributed by atoms with Gasteiger partial charge in [-0.2, -0.15) is 0 Å². The third kappa shape index (κ3) is 5.49. The molecule has 1 heterocycles. The van der Waals surface area contributed by atoms with Gasteiger partial charge in [0.1, 0.15) is 5.70 Å². The number of benzene rings is 2. The van der Waals surface area contributed by atoms with E-state index in [0.717, 1.165) is 12.0 Å². The lowest BCUT2D eigenvalue weighted by atomic mass is 10.1. The van der Waals surface area contributed by atoms with Crippen molar-refractivity contribution in [2.24, 2.45) is 0 Å². The van der Waals surface area contributed by atoms with E-state index in [1.165, 1.54) is 12.0 Å². The number of nitrogens with zero attached hydrogens (tertiary/aromatic N) is 1. The Labute approximate surface area is 180 Å². The quantitative estimate of drug-likeness (QED) is 0.525. The lowest BCUT2D eigenvalue weighted by molar-refractivity contribution is -0.136. The highest BCUT2D eigenvalue weighted by Crippen LogP contribution is 2.23. The molecule has 3 rings (SSSR count). The fourth-order valence-electron chi connectivity index (χ4n) is 3.27. The fraction of sp³-hybridized carbons (Fsp3) is 0.261. The molecule has 2 amide bonds. The van der Waals surface area contributed by atoms with Gasteiger partial charge < -0.3 is 25.4 Å². The van der Waals surface area contributed by atoms with E-state index in [1.54, 1.807) is 24.3 Å². The molecule has 0 atom stereocenters. The van der Waals surface area contributed by atoms with Crippen LogP contribution in [0.1, 0.15) is 15.9 Å². The summed E-state index contributed by atoms with van der Waals surface area (Å²) < 4.78 is 4.77. The van der Waals surface area contributed by atoms with E-state index < -0.39 is 11.9 Å². The van der Waals surface area contributed by atoms with Gasteiger partial charge in [0, 0.05) is 24.3 Å². The van der Waals surface area contributed by atoms with Crippen molar-refractivity contribution in [2.45, 2.75) is 6.42 Å². The normalized spacial score (nSPS) is 13.4. The zero-order valence-corrected chi connectivity index (χ0v) is 17.3. The molecule has 1 aliphatic heterocycles. The average Bonchev–Trinajstić information content (AvgIpc) is 3.10. The molecular weight excluding hydrogens is 398 g/mol. The van der Waals surface area contributed by atoms with Crippen molar-refractivity contribution in [3.05, 3.63) is 77.0 Å². The van der Waals surface area contributed by atoms with Gasteiger partial charge in [0.05, 0.1) is 25.8 Å². The van der Waals surface area contributed by atoms with Gasteiger partial charge in [0.15, 0.2) is 0 Å². The summed E-state index contributed by atoms with van der Waals surface area (Å²) >= 11 is 0. The van der Waals surface area contributed by atoms with E-state index in [4.69, 9.17) is 9.84 Å².